The van der Waals surface area contributed by atoms with Gasteiger partial charge in [-0.2, -0.15) is 0 Å². The van der Waals surface area contributed by atoms with Crippen LogP contribution in [-0.2, 0) is 4.79 Å². The summed E-state index contributed by atoms with van der Waals surface area (Å²) in [4.78, 5) is 14.5. The number of carbonyl (C=O) groups is 1. The van der Waals surface area contributed by atoms with Gasteiger partial charge in [-0.1, -0.05) is 48.5 Å². The lowest BCUT2D eigenvalue weighted by molar-refractivity contribution is -0.143. The van der Waals surface area contributed by atoms with Gasteiger partial charge in [-0.05, 0) is 117 Å². The van der Waals surface area contributed by atoms with Gasteiger partial charge in [0.25, 0.3) is 0 Å². The highest BCUT2D eigenvalue weighted by molar-refractivity contribution is 6.04. The van der Waals surface area contributed by atoms with Crippen LogP contribution in [-0.4, -0.2) is 38.1 Å². The molecule has 0 aromatic heterocycles. The van der Waals surface area contributed by atoms with E-state index >= 15 is 0 Å². The van der Waals surface area contributed by atoms with Gasteiger partial charge in [0.15, 0.2) is 0 Å². The predicted molar refractivity (Wildman–Crippen MR) is 160 cm³/mol. The molecule has 0 aliphatic rings. The average molecular weight is 556 g/mol. The zero-order valence-corrected chi connectivity index (χ0v) is 24.1. The van der Waals surface area contributed by atoms with Crippen LogP contribution in [0.15, 0.2) is 97.1 Å². The number of carbonyl (C=O) groups excluding carboxylic acids is 1. The van der Waals surface area contributed by atoms with E-state index in [0.717, 1.165) is 45.7 Å². The first-order chi connectivity index (χ1) is 19.5. The maximum absolute atomic E-state index is 14.0. The van der Waals surface area contributed by atoms with Crippen molar-refractivity contribution in [1.82, 2.24) is 4.90 Å². The Hall–Kier alpha value is -4.29. The SMILES string of the molecule is CN(C)CCOc1ccc(C(=C(c2ccc(F)cc2)c2ccc(F)cc2)c2ccc(OC(=O)C(C)(C)C)cc2)cc1. The number of rotatable bonds is 9. The number of esters is 1. The molecular formula is C35H35F2NO3. The van der Waals surface area contributed by atoms with Crippen molar-refractivity contribution < 1.29 is 23.0 Å². The summed E-state index contributed by atoms with van der Waals surface area (Å²) in [5.41, 5.74) is 4.25. The minimum atomic E-state index is -0.640. The van der Waals surface area contributed by atoms with Crippen molar-refractivity contribution >= 4 is 17.1 Å². The maximum Gasteiger partial charge on any atom is 0.316 e. The molecule has 212 valence electrons. The van der Waals surface area contributed by atoms with Gasteiger partial charge >= 0.3 is 5.97 Å². The topological polar surface area (TPSA) is 38.8 Å². The predicted octanol–water partition coefficient (Wildman–Crippen LogP) is 7.86. The summed E-state index contributed by atoms with van der Waals surface area (Å²) in [6, 6.07) is 27.5. The summed E-state index contributed by atoms with van der Waals surface area (Å²) in [5.74, 6) is 0.146. The van der Waals surface area contributed by atoms with Crippen LogP contribution in [0.25, 0.3) is 11.1 Å². The molecule has 4 rings (SSSR count). The number of hydrogen-bond donors (Lipinski definition) is 0. The molecule has 0 spiro atoms. The molecule has 4 aromatic rings. The Morgan fingerprint density at radius 3 is 1.37 bits per heavy atom. The number of nitrogens with zero attached hydrogens (tertiary/aromatic N) is 1. The standard InChI is InChI=1S/C35H35F2NO3/c1-35(2,3)34(39)41-31-20-12-27(13-21-31)33(26-10-18-30(19-11-26)40-23-22-38(4)5)32(24-6-14-28(36)15-7-24)25-8-16-29(37)17-9-25/h6-21H,22-23H2,1-5H3. The van der Waals surface area contributed by atoms with Crippen molar-refractivity contribution in [2.24, 2.45) is 5.41 Å². The van der Waals surface area contributed by atoms with Crippen molar-refractivity contribution in [2.75, 3.05) is 27.2 Å². The van der Waals surface area contributed by atoms with E-state index in [0.29, 0.717) is 12.4 Å². The van der Waals surface area contributed by atoms with Crippen LogP contribution < -0.4 is 9.47 Å². The lowest BCUT2D eigenvalue weighted by Gasteiger charge is -2.19. The van der Waals surface area contributed by atoms with Crippen molar-refractivity contribution in [3.05, 3.63) is 131 Å². The molecule has 0 heterocycles. The quantitative estimate of drug-likeness (QED) is 0.120. The fraction of sp³-hybridized carbons (Fsp3) is 0.229. The molecule has 0 N–H and O–H groups in total. The Morgan fingerprint density at radius 2 is 1.00 bits per heavy atom. The highest BCUT2D eigenvalue weighted by Crippen LogP contribution is 2.38. The number of hydrogen-bond acceptors (Lipinski definition) is 4. The van der Waals surface area contributed by atoms with E-state index in [2.05, 4.69) is 4.90 Å². The summed E-state index contributed by atoms with van der Waals surface area (Å²) in [5, 5.41) is 0. The van der Waals surface area contributed by atoms with Crippen LogP contribution in [0.4, 0.5) is 8.78 Å². The summed E-state index contributed by atoms with van der Waals surface area (Å²) < 4.78 is 39.4. The summed E-state index contributed by atoms with van der Waals surface area (Å²) in [7, 11) is 3.98. The van der Waals surface area contributed by atoms with Crippen molar-refractivity contribution in [3.8, 4) is 11.5 Å². The Balaban J connectivity index is 1.86. The zero-order valence-electron chi connectivity index (χ0n) is 24.1. The minimum Gasteiger partial charge on any atom is -0.492 e. The minimum absolute atomic E-state index is 0.329. The molecule has 6 heteroatoms. The number of likely N-dealkylation sites (N-methyl/N-ethyl adjacent to an activating group) is 1. The third-order valence-electron chi connectivity index (χ3n) is 6.43. The smallest absolute Gasteiger partial charge is 0.316 e. The maximum atomic E-state index is 14.0. The summed E-state index contributed by atoms with van der Waals surface area (Å²) in [6.45, 7) is 6.75. The molecule has 0 atom stereocenters. The van der Waals surface area contributed by atoms with Gasteiger partial charge in [0, 0.05) is 6.54 Å². The second-order valence-corrected chi connectivity index (χ2v) is 11.1. The van der Waals surface area contributed by atoms with Gasteiger partial charge in [-0.3, -0.25) is 4.79 Å². The van der Waals surface area contributed by atoms with Crippen molar-refractivity contribution in [3.63, 3.8) is 0 Å². The first-order valence-electron chi connectivity index (χ1n) is 13.5. The molecule has 4 aromatic carbocycles. The Labute approximate surface area is 240 Å². The Kier molecular flexibility index (Phi) is 9.35. The first kappa shape index (κ1) is 29.7. The summed E-state index contributed by atoms with van der Waals surface area (Å²) in [6.07, 6.45) is 0. The van der Waals surface area contributed by atoms with Crippen LogP contribution in [0.2, 0.25) is 0 Å². The molecule has 0 saturated heterocycles. The van der Waals surface area contributed by atoms with Gasteiger partial charge in [0.1, 0.15) is 29.7 Å². The van der Waals surface area contributed by atoms with E-state index in [9.17, 15) is 13.6 Å². The van der Waals surface area contributed by atoms with E-state index in [-0.39, 0.29) is 17.6 Å². The Morgan fingerprint density at radius 1 is 0.634 bits per heavy atom. The fourth-order valence-corrected chi connectivity index (χ4v) is 4.16. The normalized spacial score (nSPS) is 11.3. The molecule has 0 radical (unpaired) electrons. The van der Waals surface area contributed by atoms with Crippen LogP contribution >= 0.6 is 0 Å². The molecule has 0 bridgehead atoms. The van der Waals surface area contributed by atoms with Crippen LogP contribution in [0.1, 0.15) is 43.0 Å². The van der Waals surface area contributed by atoms with Gasteiger partial charge in [0.05, 0.1) is 5.41 Å². The molecule has 0 unspecified atom stereocenters. The zero-order chi connectivity index (χ0) is 29.6. The third-order valence-corrected chi connectivity index (χ3v) is 6.43. The molecule has 0 saturated carbocycles. The Bertz CT molecular complexity index is 1440. The average Bonchev–Trinajstić information content (AvgIpc) is 2.93. The second-order valence-electron chi connectivity index (χ2n) is 11.1. The highest BCUT2D eigenvalue weighted by atomic mass is 19.1. The monoisotopic (exact) mass is 555 g/mol. The highest BCUT2D eigenvalue weighted by Gasteiger charge is 2.24. The van der Waals surface area contributed by atoms with Gasteiger partial charge in [-0.15, -0.1) is 0 Å². The molecule has 0 fully saturated rings. The molecular weight excluding hydrogens is 520 g/mol. The molecule has 4 nitrogen and oxygen atoms in total. The first-order valence-corrected chi connectivity index (χ1v) is 13.5. The fourth-order valence-electron chi connectivity index (χ4n) is 4.16. The number of benzene rings is 4. The number of halogens is 2. The lowest BCUT2D eigenvalue weighted by atomic mass is 9.85. The molecule has 0 aliphatic carbocycles. The van der Waals surface area contributed by atoms with Crippen LogP contribution in [0.3, 0.4) is 0 Å². The van der Waals surface area contributed by atoms with E-state index in [4.69, 9.17) is 9.47 Å². The third kappa shape index (κ3) is 7.89. The largest absolute Gasteiger partial charge is 0.492 e. The van der Waals surface area contributed by atoms with Gasteiger partial charge in [0.2, 0.25) is 0 Å². The second kappa shape index (κ2) is 12.9. The summed E-state index contributed by atoms with van der Waals surface area (Å²) >= 11 is 0. The van der Waals surface area contributed by atoms with Crippen molar-refractivity contribution in [2.45, 2.75) is 20.8 Å². The van der Waals surface area contributed by atoms with Crippen LogP contribution in [0.5, 0.6) is 11.5 Å². The number of ether oxygens (including phenoxy) is 2. The van der Waals surface area contributed by atoms with E-state index in [1.807, 2.05) is 50.5 Å². The molecule has 0 amide bonds. The van der Waals surface area contributed by atoms with E-state index < -0.39 is 5.41 Å². The van der Waals surface area contributed by atoms with Gasteiger partial charge < -0.3 is 14.4 Å². The lowest BCUT2D eigenvalue weighted by Crippen LogP contribution is -2.25. The molecule has 0 aliphatic heterocycles. The molecule has 41 heavy (non-hydrogen) atoms. The van der Waals surface area contributed by atoms with E-state index in [1.54, 1.807) is 57.2 Å². The van der Waals surface area contributed by atoms with E-state index in [1.165, 1.54) is 24.3 Å². The van der Waals surface area contributed by atoms with Gasteiger partial charge in [-0.25, -0.2) is 8.78 Å². The van der Waals surface area contributed by atoms with Crippen LogP contribution in [0, 0.1) is 17.0 Å². The van der Waals surface area contributed by atoms with Crippen molar-refractivity contribution in [1.29, 1.82) is 0 Å².